The summed E-state index contributed by atoms with van der Waals surface area (Å²) in [7, 11) is 0. The highest BCUT2D eigenvalue weighted by Gasteiger charge is 2.08. The number of H-pyrrole nitrogens is 1. The molecule has 1 amide bonds. The Morgan fingerprint density at radius 3 is 2.81 bits per heavy atom. The van der Waals surface area contributed by atoms with Gasteiger partial charge in [0.1, 0.15) is 5.01 Å². The molecule has 3 rings (SSSR count). The van der Waals surface area contributed by atoms with Crippen LogP contribution in [0, 0.1) is 0 Å². The van der Waals surface area contributed by atoms with Crippen molar-refractivity contribution in [1.82, 2.24) is 20.5 Å². The molecule has 7 heteroatoms. The first kappa shape index (κ1) is 13.8. The third kappa shape index (κ3) is 3.29. The number of thiazole rings is 1. The summed E-state index contributed by atoms with van der Waals surface area (Å²) in [5.74, 6) is -0.162. The Bertz CT molecular complexity index is 737. The van der Waals surface area contributed by atoms with E-state index in [-0.39, 0.29) is 5.91 Å². The minimum absolute atomic E-state index is 0.162. The van der Waals surface area contributed by atoms with E-state index in [0.717, 1.165) is 15.4 Å². The molecule has 2 heterocycles. The molecule has 0 saturated heterocycles. The van der Waals surface area contributed by atoms with Gasteiger partial charge in [-0.25, -0.2) is 4.98 Å². The zero-order chi connectivity index (χ0) is 14.7. The standard InChI is InChI=1S/C14H11ClN4OS/c15-11-3-1-9(2-4-11)14-17-8-12(21-14)7-16-13(20)10-5-18-19-6-10/h1-6,8H,7H2,(H,16,20)(H,18,19). The van der Waals surface area contributed by atoms with E-state index in [0.29, 0.717) is 17.1 Å². The molecular formula is C14H11ClN4OS. The van der Waals surface area contributed by atoms with E-state index in [1.807, 2.05) is 24.3 Å². The van der Waals surface area contributed by atoms with Gasteiger partial charge in [0.2, 0.25) is 0 Å². The van der Waals surface area contributed by atoms with Crippen molar-refractivity contribution in [2.45, 2.75) is 6.54 Å². The van der Waals surface area contributed by atoms with Gasteiger partial charge in [-0.05, 0) is 12.1 Å². The molecule has 0 saturated carbocycles. The first-order chi connectivity index (χ1) is 10.2. The Hall–Kier alpha value is -2.18. The van der Waals surface area contributed by atoms with Gasteiger partial charge >= 0.3 is 0 Å². The van der Waals surface area contributed by atoms with E-state index in [1.54, 1.807) is 12.4 Å². The van der Waals surface area contributed by atoms with Crippen molar-refractivity contribution in [2.24, 2.45) is 0 Å². The lowest BCUT2D eigenvalue weighted by atomic mass is 10.2. The van der Waals surface area contributed by atoms with Crippen LogP contribution >= 0.6 is 22.9 Å². The molecule has 0 radical (unpaired) electrons. The third-order valence-corrected chi connectivity index (χ3v) is 4.13. The number of halogens is 1. The molecule has 0 unspecified atom stereocenters. The van der Waals surface area contributed by atoms with Crippen LogP contribution in [0.2, 0.25) is 5.02 Å². The van der Waals surface area contributed by atoms with Gasteiger partial charge in [0.25, 0.3) is 5.91 Å². The number of amides is 1. The molecular weight excluding hydrogens is 308 g/mol. The Balaban J connectivity index is 1.65. The molecule has 0 aliphatic heterocycles. The molecule has 5 nitrogen and oxygen atoms in total. The van der Waals surface area contributed by atoms with Crippen LogP contribution in [0.25, 0.3) is 10.6 Å². The Labute approximate surface area is 130 Å². The summed E-state index contributed by atoms with van der Waals surface area (Å²) in [6.07, 6.45) is 4.81. The average Bonchev–Trinajstić information content (AvgIpc) is 3.17. The topological polar surface area (TPSA) is 70.7 Å². The van der Waals surface area contributed by atoms with Gasteiger partial charge in [0.15, 0.2) is 0 Å². The molecule has 1 aromatic carbocycles. The third-order valence-electron chi connectivity index (χ3n) is 2.83. The number of hydrogen-bond acceptors (Lipinski definition) is 4. The smallest absolute Gasteiger partial charge is 0.254 e. The molecule has 0 spiro atoms. The summed E-state index contributed by atoms with van der Waals surface area (Å²) in [5.41, 5.74) is 1.52. The second-order valence-electron chi connectivity index (χ2n) is 4.31. The van der Waals surface area contributed by atoms with Crippen molar-refractivity contribution in [2.75, 3.05) is 0 Å². The number of rotatable bonds is 4. The van der Waals surface area contributed by atoms with Gasteiger partial charge in [-0.2, -0.15) is 5.10 Å². The molecule has 2 aromatic heterocycles. The lowest BCUT2D eigenvalue weighted by molar-refractivity contribution is 0.0951. The number of nitrogens with one attached hydrogen (secondary N) is 2. The number of carbonyl (C=O) groups excluding carboxylic acids is 1. The number of benzene rings is 1. The quantitative estimate of drug-likeness (QED) is 0.776. The normalized spacial score (nSPS) is 10.5. The van der Waals surface area contributed by atoms with E-state index >= 15 is 0 Å². The monoisotopic (exact) mass is 318 g/mol. The van der Waals surface area contributed by atoms with Crippen molar-refractivity contribution >= 4 is 28.8 Å². The van der Waals surface area contributed by atoms with E-state index < -0.39 is 0 Å². The highest BCUT2D eigenvalue weighted by atomic mass is 35.5. The maximum absolute atomic E-state index is 11.8. The average molecular weight is 319 g/mol. The first-order valence-corrected chi connectivity index (χ1v) is 7.39. The van der Waals surface area contributed by atoms with Crippen molar-refractivity contribution in [3.63, 3.8) is 0 Å². The Morgan fingerprint density at radius 1 is 1.29 bits per heavy atom. The van der Waals surface area contributed by atoms with Crippen molar-refractivity contribution in [3.8, 4) is 10.6 Å². The molecule has 0 aliphatic rings. The van der Waals surface area contributed by atoms with Crippen LogP contribution in [0.5, 0.6) is 0 Å². The summed E-state index contributed by atoms with van der Waals surface area (Å²) >= 11 is 7.40. The van der Waals surface area contributed by atoms with Gasteiger partial charge in [-0.15, -0.1) is 11.3 Å². The molecule has 3 aromatic rings. The highest BCUT2D eigenvalue weighted by Crippen LogP contribution is 2.26. The molecule has 2 N–H and O–H groups in total. The summed E-state index contributed by atoms with van der Waals surface area (Å²) in [6, 6.07) is 7.52. The second-order valence-corrected chi connectivity index (χ2v) is 5.86. The summed E-state index contributed by atoms with van der Waals surface area (Å²) in [4.78, 5) is 17.1. The number of aromatic nitrogens is 3. The van der Waals surface area contributed by atoms with E-state index in [9.17, 15) is 4.79 Å². The molecule has 106 valence electrons. The predicted octanol–water partition coefficient (Wildman–Crippen LogP) is 3.12. The maximum atomic E-state index is 11.8. The minimum Gasteiger partial charge on any atom is -0.347 e. The number of hydrogen-bond donors (Lipinski definition) is 2. The summed E-state index contributed by atoms with van der Waals surface area (Å²) < 4.78 is 0. The zero-order valence-corrected chi connectivity index (χ0v) is 12.4. The van der Waals surface area contributed by atoms with Gasteiger partial charge < -0.3 is 5.32 Å². The van der Waals surface area contributed by atoms with Crippen LogP contribution < -0.4 is 5.32 Å². The first-order valence-electron chi connectivity index (χ1n) is 6.20. The van der Waals surface area contributed by atoms with Gasteiger partial charge in [-0.1, -0.05) is 23.7 Å². The summed E-state index contributed by atoms with van der Waals surface area (Å²) in [5, 5.41) is 10.8. The van der Waals surface area contributed by atoms with Crippen LogP contribution in [-0.4, -0.2) is 21.1 Å². The molecule has 0 atom stereocenters. The fraction of sp³-hybridized carbons (Fsp3) is 0.0714. The Kier molecular flexibility index (Phi) is 3.98. The fourth-order valence-corrected chi connectivity index (χ4v) is 2.74. The minimum atomic E-state index is -0.162. The molecule has 0 fully saturated rings. The van der Waals surface area contributed by atoms with E-state index in [1.165, 1.54) is 17.5 Å². The number of aromatic amines is 1. The lowest BCUT2D eigenvalue weighted by Crippen LogP contribution is -2.21. The number of nitrogens with zero attached hydrogens (tertiary/aromatic N) is 2. The maximum Gasteiger partial charge on any atom is 0.254 e. The van der Waals surface area contributed by atoms with Crippen LogP contribution in [0.1, 0.15) is 15.2 Å². The highest BCUT2D eigenvalue weighted by molar-refractivity contribution is 7.15. The summed E-state index contributed by atoms with van der Waals surface area (Å²) in [6.45, 7) is 0.440. The van der Waals surface area contributed by atoms with Crippen LogP contribution in [-0.2, 0) is 6.54 Å². The van der Waals surface area contributed by atoms with E-state index in [2.05, 4.69) is 20.5 Å². The zero-order valence-electron chi connectivity index (χ0n) is 10.8. The van der Waals surface area contributed by atoms with Gasteiger partial charge in [-0.3, -0.25) is 9.89 Å². The number of carbonyl (C=O) groups is 1. The lowest BCUT2D eigenvalue weighted by Gasteiger charge is -2.00. The van der Waals surface area contributed by atoms with Gasteiger partial charge in [0.05, 0.1) is 18.3 Å². The molecule has 0 bridgehead atoms. The molecule has 0 aliphatic carbocycles. The van der Waals surface area contributed by atoms with Crippen molar-refractivity contribution in [3.05, 3.63) is 58.3 Å². The SMILES string of the molecule is O=C(NCc1cnc(-c2ccc(Cl)cc2)s1)c1cn[nH]c1. The molecule has 21 heavy (non-hydrogen) atoms. The Morgan fingerprint density at radius 2 is 2.10 bits per heavy atom. The van der Waals surface area contributed by atoms with Crippen LogP contribution in [0.15, 0.2) is 42.9 Å². The predicted molar refractivity (Wildman–Crippen MR) is 82.3 cm³/mol. The fourth-order valence-electron chi connectivity index (χ4n) is 1.76. The largest absolute Gasteiger partial charge is 0.347 e. The van der Waals surface area contributed by atoms with Crippen LogP contribution in [0.4, 0.5) is 0 Å². The van der Waals surface area contributed by atoms with Crippen molar-refractivity contribution in [1.29, 1.82) is 0 Å². The van der Waals surface area contributed by atoms with Crippen LogP contribution in [0.3, 0.4) is 0 Å². The van der Waals surface area contributed by atoms with Crippen molar-refractivity contribution < 1.29 is 4.79 Å². The van der Waals surface area contributed by atoms with E-state index in [4.69, 9.17) is 11.6 Å². The van der Waals surface area contributed by atoms with Gasteiger partial charge in [0, 0.05) is 27.9 Å². The second kappa shape index (κ2) is 6.07.